The molecule has 4 heteroatoms. The summed E-state index contributed by atoms with van der Waals surface area (Å²) in [6.07, 6.45) is 0. The Morgan fingerprint density at radius 2 is 1.89 bits per heavy atom. The number of esters is 1. The van der Waals surface area contributed by atoms with Crippen molar-refractivity contribution in [2.24, 2.45) is 0 Å². The zero-order valence-corrected chi connectivity index (χ0v) is 10.3. The van der Waals surface area contributed by atoms with Crippen molar-refractivity contribution in [1.82, 2.24) is 4.90 Å². The number of hydrogen-bond acceptors (Lipinski definition) is 3. The van der Waals surface area contributed by atoms with Gasteiger partial charge in [0.2, 0.25) is 0 Å². The van der Waals surface area contributed by atoms with Gasteiger partial charge in [-0.15, -0.1) is 0 Å². The maximum atomic E-state index is 12.5. The highest BCUT2D eigenvalue weighted by molar-refractivity contribution is 6.07. The first kappa shape index (κ1) is 11.7. The van der Waals surface area contributed by atoms with Crippen molar-refractivity contribution in [3.63, 3.8) is 0 Å². The molecule has 0 aromatic heterocycles. The lowest BCUT2D eigenvalue weighted by Crippen LogP contribution is -2.43. The van der Waals surface area contributed by atoms with Gasteiger partial charge in [-0.3, -0.25) is 9.59 Å². The minimum atomic E-state index is -0.347. The third-order valence-corrected chi connectivity index (χ3v) is 3.25. The van der Waals surface area contributed by atoms with Gasteiger partial charge in [-0.2, -0.15) is 0 Å². The van der Waals surface area contributed by atoms with Crippen molar-refractivity contribution in [3.8, 4) is 0 Å². The summed E-state index contributed by atoms with van der Waals surface area (Å²) in [5.74, 6) is -0.465. The van der Waals surface area contributed by atoms with Gasteiger partial charge in [0.25, 0.3) is 5.91 Å². The van der Waals surface area contributed by atoms with Crippen molar-refractivity contribution < 1.29 is 14.3 Å². The Hall–Kier alpha value is -2.36. The van der Waals surface area contributed by atoms with Gasteiger partial charge in [-0.25, -0.2) is 0 Å². The Morgan fingerprint density at radius 3 is 2.74 bits per heavy atom. The Balaban J connectivity index is 1.99. The molecule has 96 valence electrons. The number of benzene rings is 2. The number of ether oxygens (including phenoxy) is 1. The van der Waals surface area contributed by atoms with Crippen molar-refractivity contribution in [2.75, 3.05) is 19.7 Å². The molecule has 0 atom stereocenters. The highest BCUT2D eigenvalue weighted by Crippen LogP contribution is 2.20. The van der Waals surface area contributed by atoms with Gasteiger partial charge in [-0.05, 0) is 16.8 Å². The molecule has 4 nitrogen and oxygen atoms in total. The second-order valence-corrected chi connectivity index (χ2v) is 4.47. The molecule has 0 aliphatic carbocycles. The van der Waals surface area contributed by atoms with Crippen LogP contribution >= 0.6 is 0 Å². The van der Waals surface area contributed by atoms with E-state index >= 15 is 0 Å². The molecular formula is C15H13NO3. The average molecular weight is 255 g/mol. The molecule has 2 aromatic rings. The van der Waals surface area contributed by atoms with E-state index in [2.05, 4.69) is 0 Å². The first-order chi connectivity index (χ1) is 9.25. The van der Waals surface area contributed by atoms with Crippen LogP contribution in [0.4, 0.5) is 0 Å². The van der Waals surface area contributed by atoms with Crippen LogP contribution in [0, 0.1) is 0 Å². The third kappa shape index (κ3) is 2.17. The predicted molar refractivity (Wildman–Crippen MR) is 70.8 cm³/mol. The molecule has 2 aromatic carbocycles. The fraction of sp³-hybridized carbons (Fsp3) is 0.200. The zero-order valence-electron chi connectivity index (χ0n) is 10.3. The molecule has 0 N–H and O–H groups in total. The van der Waals surface area contributed by atoms with Gasteiger partial charge >= 0.3 is 5.97 Å². The fourth-order valence-corrected chi connectivity index (χ4v) is 2.31. The standard InChI is InChI=1S/C15H13NO3/c17-14-10-16(8-9-19-14)15(18)13-7-3-5-11-4-1-2-6-12(11)13/h1-7H,8-10H2. The molecule has 1 aliphatic rings. The summed E-state index contributed by atoms with van der Waals surface area (Å²) in [5.41, 5.74) is 0.632. The third-order valence-electron chi connectivity index (χ3n) is 3.25. The molecule has 0 radical (unpaired) electrons. The fourth-order valence-electron chi connectivity index (χ4n) is 2.31. The summed E-state index contributed by atoms with van der Waals surface area (Å²) in [7, 11) is 0. The molecule has 0 unspecified atom stereocenters. The Bertz CT molecular complexity index is 645. The number of carbonyl (C=O) groups excluding carboxylic acids is 2. The SMILES string of the molecule is O=C1CN(C(=O)c2cccc3ccccc23)CCO1. The largest absolute Gasteiger partial charge is 0.462 e. The molecule has 1 aliphatic heterocycles. The molecule has 1 heterocycles. The topological polar surface area (TPSA) is 46.6 Å². The molecular weight excluding hydrogens is 242 g/mol. The average Bonchev–Trinajstić information content (AvgIpc) is 2.46. The van der Waals surface area contributed by atoms with E-state index in [1.54, 1.807) is 6.07 Å². The van der Waals surface area contributed by atoms with Crippen LogP contribution < -0.4 is 0 Å². The number of cyclic esters (lactones) is 1. The quantitative estimate of drug-likeness (QED) is 0.730. The second kappa shape index (κ2) is 4.72. The summed E-state index contributed by atoms with van der Waals surface area (Å²) in [6, 6.07) is 13.4. The number of fused-ring (bicyclic) bond motifs is 1. The first-order valence-electron chi connectivity index (χ1n) is 6.18. The molecule has 1 saturated heterocycles. The number of carbonyl (C=O) groups is 2. The Labute approximate surface area is 110 Å². The van der Waals surface area contributed by atoms with E-state index in [0.29, 0.717) is 12.1 Å². The predicted octanol–water partition coefficient (Wildman–Crippen LogP) is 1.84. The van der Waals surface area contributed by atoms with E-state index in [1.165, 1.54) is 4.90 Å². The molecule has 1 fully saturated rings. The van der Waals surface area contributed by atoms with E-state index in [1.807, 2.05) is 36.4 Å². The minimum absolute atomic E-state index is 0.0298. The summed E-state index contributed by atoms with van der Waals surface area (Å²) in [6.45, 7) is 0.755. The van der Waals surface area contributed by atoms with E-state index in [4.69, 9.17) is 4.74 Å². The normalized spacial score (nSPS) is 15.4. The molecule has 1 amide bonds. The Kier molecular flexibility index (Phi) is 2.91. The van der Waals surface area contributed by atoms with E-state index < -0.39 is 0 Å². The molecule has 19 heavy (non-hydrogen) atoms. The Morgan fingerprint density at radius 1 is 1.11 bits per heavy atom. The summed E-state index contributed by atoms with van der Waals surface area (Å²) >= 11 is 0. The smallest absolute Gasteiger partial charge is 0.325 e. The van der Waals surface area contributed by atoms with Gasteiger partial charge in [0.1, 0.15) is 13.2 Å². The van der Waals surface area contributed by atoms with Crippen LogP contribution in [0.25, 0.3) is 10.8 Å². The van der Waals surface area contributed by atoms with Gasteiger partial charge in [0, 0.05) is 5.56 Å². The zero-order chi connectivity index (χ0) is 13.2. The highest BCUT2D eigenvalue weighted by Gasteiger charge is 2.24. The van der Waals surface area contributed by atoms with E-state index in [0.717, 1.165) is 10.8 Å². The summed E-state index contributed by atoms with van der Waals surface area (Å²) in [5, 5.41) is 1.93. The van der Waals surface area contributed by atoms with Gasteiger partial charge < -0.3 is 9.64 Å². The van der Waals surface area contributed by atoms with Crippen LogP contribution in [0.1, 0.15) is 10.4 Å². The highest BCUT2D eigenvalue weighted by atomic mass is 16.5. The number of morpholine rings is 1. The van der Waals surface area contributed by atoms with Crippen LogP contribution in [0.15, 0.2) is 42.5 Å². The molecule has 0 spiro atoms. The van der Waals surface area contributed by atoms with Crippen molar-refractivity contribution in [3.05, 3.63) is 48.0 Å². The lowest BCUT2D eigenvalue weighted by atomic mass is 10.0. The van der Waals surface area contributed by atoms with Gasteiger partial charge in [-0.1, -0.05) is 36.4 Å². The second-order valence-electron chi connectivity index (χ2n) is 4.47. The first-order valence-corrected chi connectivity index (χ1v) is 6.18. The van der Waals surface area contributed by atoms with E-state index in [9.17, 15) is 9.59 Å². The van der Waals surface area contributed by atoms with Gasteiger partial charge in [0.15, 0.2) is 0 Å². The minimum Gasteiger partial charge on any atom is -0.462 e. The van der Waals surface area contributed by atoms with Crippen molar-refractivity contribution in [1.29, 1.82) is 0 Å². The molecule has 0 bridgehead atoms. The van der Waals surface area contributed by atoms with Crippen LogP contribution in [0.2, 0.25) is 0 Å². The monoisotopic (exact) mass is 255 g/mol. The molecule has 0 saturated carbocycles. The van der Waals surface area contributed by atoms with E-state index in [-0.39, 0.29) is 25.0 Å². The lowest BCUT2D eigenvalue weighted by Gasteiger charge is -2.26. The summed E-state index contributed by atoms with van der Waals surface area (Å²) in [4.78, 5) is 25.3. The van der Waals surface area contributed by atoms with Gasteiger partial charge in [0.05, 0.1) is 6.54 Å². The van der Waals surface area contributed by atoms with Crippen LogP contribution in [0.5, 0.6) is 0 Å². The van der Waals surface area contributed by atoms with Crippen LogP contribution in [0.3, 0.4) is 0 Å². The van der Waals surface area contributed by atoms with Crippen LogP contribution in [-0.4, -0.2) is 36.5 Å². The molecule has 3 rings (SSSR count). The number of rotatable bonds is 1. The number of amides is 1. The number of nitrogens with zero attached hydrogens (tertiary/aromatic N) is 1. The van der Waals surface area contributed by atoms with Crippen molar-refractivity contribution >= 4 is 22.6 Å². The van der Waals surface area contributed by atoms with Crippen LogP contribution in [-0.2, 0) is 9.53 Å². The maximum Gasteiger partial charge on any atom is 0.325 e. The summed E-state index contributed by atoms with van der Waals surface area (Å²) < 4.78 is 4.85. The lowest BCUT2D eigenvalue weighted by molar-refractivity contribution is -0.149. The van der Waals surface area contributed by atoms with Crippen molar-refractivity contribution in [2.45, 2.75) is 0 Å². The number of hydrogen-bond donors (Lipinski definition) is 0. The maximum absolute atomic E-state index is 12.5.